The number of hydrogen-bond donors (Lipinski definition) is 2. The highest BCUT2D eigenvalue weighted by molar-refractivity contribution is 6.03. The fourth-order valence-electron chi connectivity index (χ4n) is 4.95. The van der Waals surface area contributed by atoms with E-state index in [-0.39, 0.29) is 36.3 Å². The molecule has 1 amide bonds. The van der Waals surface area contributed by atoms with E-state index < -0.39 is 6.29 Å². The van der Waals surface area contributed by atoms with E-state index in [2.05, 4.69) is 33.7 Å². The number of anilines is 1. The SMILES string of the molecule is C=CCN(C)C[C@@H]1O[C@H](c2cccc(NC(=O)c3cnc4ccccc4n3)c2)O[C@H](c2ccc(CO)cc2)[C@@H]1C. The Kier molecular flexibility index (Phi) is 8.62. The van der Waals surface area contributed by atoms with Crippen LogP contribution in [-0.2, 0) is 16.1 Å². The molecule has 5 rings (SSSR count). The maximum absolute atomic E-state index is 13.0. The molecule has 4 atom stereocenters. The van der Waals surface area contributed by atoms with E-state index in [0.29, 0.717) is 17.7 Å². The lowest BCUT2D eigenvalue weighted by Gasteiger charge is -2.42. The van der Waals surface area contributed by atoms with E-state index >= 15 is 0 Å². The third-order valence-corrected chi connectivity index (χ3v) is 7.15. The highest BCUT2D eigenvalue weighted by atomic mass is 16.7. The first-order valence-corrected chi connectivity index (χ1v) is 13.4. The van der Waals surface area contributed by atoms with Crippen molar-refractivity contribution in [2.75, 3.05) is 25.5 Å². The van der Waals surface area contributed by atoms with E-state index in [1.165, 1.54) is 6.20 Å². The summed E-state index contributed by atoms with van der Waals surface area (Å²) >= 11 is 0. The van der Waals surface area contributed by atoms with Gasteiger partial charge >= 0.3 is 0 Å². The van der Waals surface area contributed by atoms with Crippen molar-refractivity contribution in [3.05, 3.63) is 114 Å². The van der Waals surface area contributed by atoms with Crippen LogP contribution in [0.25, 0.3) is 11.0 Å². The van der Waals surface area contributed by atoms with Crippen molar-refractivity contribution in [1.82, 2.24) is 14.9 Å². The van der Waals surface area contributed by atoms with Gasteiger partial charge in [-0.25, -0.2) is 4.98 Å². The average Bonchev–Trinajstić information content (AvgIpc) is 2.98. The minimum absolute atomic E-state index is 0.00856. The van der Waals surface area contributed by atoms with E-state index in [9.17, 15) is 9.90 Å². The van der Waals surface area contributed by atoms with Crippen molar-refractivity contribution in [1.29, 1.82) is 0 Å². The monoisotopic (exact) mass is 538 g/mol. The highest BCUT2D eigenvalue weighted by Gasteiger charge is 2.38. The van der Waals surface area contributed by atoms with Crippen LogP contribution in [0.5, 0.6) is 0 Å². The number of ether oxygens (including phenoxy) is 2. The van der Waals surface area contributed by atoms with Crippen LogP contribution in [0.1, 0.15) is 46.5 Å². The molecule has 2 heterocycles. The zero-order valence-corrected chi connectivity index (χ0v) is 22.7. The molecular weight excluding hydrogens is 504 g/mol. The van der Waals surface area contributed by atoms with Gasteiger partial charge in [0.25, 0.3) is 5.91 Å². The first kappa shape index (κ1) is 27.6. The van der Waals surface area contributed by atoms with Crippen molar-refractivity contribution in [3.63, 3.8) is 0 Å². The standard InChI is InChI=1S/C32H34N4O4/c1-4-16-36(3)19-29-21(2)30(23-14-12-22(20-37)13-15-23)40-32(39-29)24-8-7-9-25(17-24)34-31(38)28-18-33-26-10-5-6-11-27(26)35-28/h4-15,17-18,21,29-30,32,37H,1,16,19-20H2,2-3H3,(H,34,38)/t21-,29+,30+,32+/m1/s1. The van der Waals surface area contributed by atoms with Gasteiger partial charge in [0.15, 0.2) is 6.29 Å². The molecule has 1 aliphatic heterocycles. The van der Waals surface area contributed by atoms with Gasteiger partial charge in [-0.15, -0.1) is 6.58 Å². The summed E-state index contributed by atoms with van der Waals surface area (Å²) in [5.74, 6) is -0.280. The first-order chi connectivity index (χ1) is 19.4. The van der Waals surface area contributed by atoms with E-state index in [1.807, 2.05) is 85.9 Å². The second kappa shape index (κ2) is 12.5. The Bertz CT molecular complexity index is 1480. The van der Waals surface area contributed by atoms with Gasteiger partial charge in [0.2, 0.25) is 0 Å². The molecule has 0 radical (unpaired) electrons. The molecule has 2 N–H and O–H groups in total. The van der Waals surface area contributed by atoms with Gasteiger partial charge in [-0.2, -0.15) is 0 Å². The second-order valence-electron chi connectivity index (χ2n) is 10.2. The molecule has 1 aromatic heterocycles. The third-order valence-electron chi connectivity index (χ3n) is 7.15. The number of hydrogen-bond acceptors (Lipinski definition) is 7. The quantitative estimate of drug-likeness (QED) is 0.280. The van der Waals surface area contributed by atoms with E-state index in [0.717, 1.165) is 28.8 Å². The Morgan fingerprint density at radius 3 is 2.58 bits per heavy atom. The van der Waals surface area contributed by atoms with Crippen LogP contribution in [0.4, 0.5) is 5.69 Å². The van der Waals surface area contributed by atoms with Gasteiger partial charge in [0, 0.05) is 30.3 Å². The lowest BCUT2D eigenvalue weighted by molar-refractivity contribution is -0.275. The number of rotatable bonds is 9. The van der Waals surface area contributed by atoms with Crippen LogP contribution in [0.3, 0.4) is 0 Å². The molecule has 0 saturated carbocycles. The molecule has 8 heteroatoms. The number of aromatic nitrogens is 2. The average molecular weight is 539 g/mol. The van der Waals surface area contributed by atoms with Gasteiger partial charge in [0.1, 0.15) is 5.69 Å². The first-order valence-electron chi connectivity index (χ1n) is 13.4. The summed E-state index contributed by atoms with van der Waals surface area (Å²) in [6.07, 6.45) is 2.38. The molecule has 0 bridgehead atoms. The molecule has 0 aliphatic carbocycles. The summed E-state index contributed by atoms with van der Waals surface area (Å²) in [4.78, 5) is 24.0. The fourth-order valence-corrected chi connectivity index (χ4v) is 4.95. The van der Waals surface area contributed by atoms with Gasteiger partial charge < -0.3 is 24.8 Å². The van der Waals surface area contributed by atoms with Gasteiger partial charge in [-0.3, -0.25) is 9.78 Å². The molecule has 1 saturated heterocycles. The molecule has 3 aromatic carbocycles. The molecule has 0 spiro atoms. The summed E-state index contributed by atoms with van der Waals surface area (Å²) in [6, 6.07) is 22.8. The predicted molar refractivity (Wildman–Crippen MR) is 155 cm³/mol. The number of amides is 1. The number of aliphatic hydroxyl groups excluding tert-OH is 1. The maximum Gasteiger partial charge on any atom is 0.275 e. The number of aliphatic hydroxyl groups is 1. The largest absolute Gasteiger partial charge is 0.392 e. The number of carbonyl (C=O) groups is 1. The Labute approximate surface area is 234 Å². The molecule has 8 nitrogen and oxygen atoms in total. The lowest BCUT2D eigenvalue weighted by Crippen LogP contribution is -2.43. The number of carbonyl (C=O) groups excluding carboxylic acids is 1. The Hall–Kier alpha value is -3.95. The van der Waals surface area contributed by atoms with Crippen LogP contribution in [0, 0.1) is 5.92 Å². The summed E-state index contributed by atoms with van der Waals surface area (Å²) in [5.41, 5.74) is 4.90. The van der Waals surface area contributed by atoms with Crippen molar-refractivity contribution >= 4 is 22.6 Å². The number of fused-ring (bicyclic) bond motifs is 1. The minimum Gasteiger partial charge on any atom is -0.392 e. The number of likely N-dealkylation sites (N-methyl/N-ethyl adjacent to an activating group) is 1. The van der Waals surface area contributed by atoms with E-state index in [4.69, 9.17) is 9.47 Å². The van der Waals surface area contributed by atoms with Gasteiger partial charge in [-0.05, 0) is 42.4 Å². The normalized spacial score (nSPS) is 20.9. The Balaban J connectivity index is 1.38. The predicted octanol–water partition coefficient (Wildman–Crippen LogP) is 5.28. The Morgan fingerprint density at radius 1 is 1.05 bits per heavy atom. The second-order valence-corrected chi connectivity index (χ2v) is 10.2. The van der Waals surface area contributed by atoms with Gasteiger partial charge in [0.05, 0.1) is 36.0 Å². The lowest BCUT2D eigenvalue weighted by atomic mass is 9.90. The van der Waals surface area contributed by atoms with Crippen molar-refractivity contribution in [3.8, 4) is 0 Å². The molecule has 0 unspecified atom stereocenters. The van der Waals surface area contributed by atoms with Crippen LogP contribution in [0.2, 0.25) is 0 Å². The van der Waals surface area contributed by atoms with Crippen LogP contribution in [-0.4, -0.2) is 52.1 Å². The molecule has 40 heavy (non-hydrogen) atoms. The highest BCUT2D eigenvalue weighted by Crippen LogP contribution is 2.42. The van der Waals surface area contributed by atoms with Crippen LogP contribution in [0.15, 0.2) is 91.6 Å². The van der Waals surface area contributed by atoms with Gasteiger partial charge in [-0.1, -0.05) is 61.5 Å². The molecule has 1 fully saturated rings. The zero-order valence-electron chi connectivity index (χ0n) is 22.7. The molecule has 4 aromatic rings. The number of benzene rings is 3. The van der Waals surface area contributed by atoms with E-state index in [1.54, 1.807) is 0 Å². The Morgan fingerprint density at radius 2 is 1.82 bits per heavy atom. The molecule has 206 valence electrons. The fraction of sp³-hybridized carbons (Fsp3) is 0.281. The smallest absolute Gasteiger partial charge is 0.275 e. The summed E-state index contributed by atoms with van der Waals surface area (Å²) in [5, 5.41) is 12.4. The zero-order chi connectivity index (χ0) is 28.1. The molecule has 1 aliphatic rings. The number of nitrogens with zero attached hydrogens (tertiary/aromatic N) is 3. The number of para-hydroxylation sites is 2. The summed E-state index contributed by atoms with van der Waals surface area (Å²) < 4.78 is 13.1. The molecular formula is C32H34N4O4. The third kappa shape index (κ3) is 6.26. The minimum atomic E-state index is -0.641. The number of nitrogens with one attached hydrogen (secondary N) is 1. The topological polar surface area (TPSA) is 96.8 Å². The van der Waals surface area contributed by atoms with Crippen molar-refractivity contribution in [2.24, 2.45) is 5.92 Å². The van der Waals surface area contributed by atoms with Crippen molar-refractivity contribution < 1.29 is 19.4 Å². The van der Waals surface area contributed by atoms with Crippen LogP contribution < -0.4 is 5.32 Å². The summed E-state index contributed by atoms with van der Waals surface area (Å²) in [7, 11) is 2.04. The van der Waals surface area contributed by atoms with Crippen molar-refractivity contribution in [2.45, 2.75) is 32.0 Å². The maximum atomic E-state index is 13.0. The van der Waals surface area contributed by atoms with Crippen LogP contribution >= 0.6 is 0 Å². The summed E-state index contributed by atoms with van der Waals surface area (Å²) in [6.45, 7) is 7.43.